The van der Waals surface area contributed by atoms with Crippen LogP contribution in [0.4, 0.5) is 11.6 Å². The Kier molecular flexibility index (Phi) is 4.02. The van der Waals surface area contributed by atoms with E-state index >= 15 is 0 Å². The second kappa shape index (κ2) is 5.57. The molecule has 0 atom stereocenters. The molecule has 2 heterocycles. The molecule has 1 N–H and O–H groups in total. The molecule has 0 radical (unpaired) electrons. The van der Waals surface area contributed by atoms with Gasteiger partial charge < -0.3 is 14.6 Å². The van der Waals surface area contributed by atoms with Crippen molar-refractivity contribution in [2.24, 2.45) is 0 Å². The van der Waals surface area contributed by atoms with E-state index in [1.807, 2.05) is 38.2 Å². The van der Waals surface area contributed by atoms with E-state index in [4.69, 9.17) is 4.42 Å². The van der Waals surface area contributed by atoms with Gasteiger partial charge in [0.15, 0.2) is 0 Å². The number of nitrogens with zero attached hydrogens (tertiary/aromatic N) is 2. The number of rotatable bonds is 4. The summed E-state index contributed by atoms with van der Waals surface area (Å²) in [6.45, 7) is 9.14. The molecular formula is C16H23N3O. The minimum atomic E-state index is 0.00530. The lowest BCUT2D eigenvalue weighted by molar-refractivity contribution is 0.529. The maximum Gasteiger partial charge on any atom is 0.130 e. The van der Waals surface area contributed by atoms with E-state index in [2.05, 4.69) is 36.0 Å². The third kappa shape index (κ3) is 3.76. The van der Waals surface area contributed by atoms with Crippen LogP contribution in [0.25, 0.3) is 0 Å². The molecule has 20 heavy (non-hydrogen) atoms. The van der Waals surface area contributed by atoms with Crippen LogP contribution in [-0.2, 0) is 6.54 Å². The molecule has 0 aliphatic rings. The highest BCUT2D eigenvalue weighted by atomic mass is 16.3. The SMILES string of the molecule is Cc1occc1CN(C)c1cccc(NC(C)(C)C)n1. The van der Waals surface area contributed by atoms with Crippen LogP contribution in [0.5, 0.6) is 0 Å². The van der Waals surface area contributed by atoms with Crippen molar-refractivity contribution in [1.82, 2.24) is 4.98 Å². The zero-order chi connectivity index (χ0) is 14.8. The first-order valence-corrected chi connectivity index (χ1v) is 6.84. The molecule has 0 spiro atoms. The van der Waals surface area contributed by atoms with E-state index in [-0.39, 0.29) is 5.54 Å². The molecule has 0 saturated heterocycles. The van der Waals surface area contributed by atoms with Crippen LogP contribution in [0.3, 0.4) is 0 Å². The highest BCUT2D eigenvalue weighted by molar-refractivity contribution is 5.48. The summed E-state index contributed by atoms with van der Waals surface area (Å²) in [4.78, 5) is 6.77. The zero-order valence-corrected chi connectivity index (χ0v) is 12.9. The lowest BCUT2D eigenvalue weighted by Crippen LogP contribution is -2.27. The van der Waals surface area contributed by atoms with Crippen LogP contribution in [-0.4, -0.2) is 17.6 Å². The Morgan fingerprint density at radius 3 is 2.60 bits per heavy atom. The van der Waals surface area contributed by atoms with Gasteiger partial charge in [0.1, 0.15) is 17.4 Å². The van der Waals surface area contributed by atoms with Crippen molar-refractivity contribution >= 4 is 11.6 Å². The Morgan fingerprint density at radius 1 is 1.25 bits per heavy atom. The first kappa shape index (κ1) is 14.4. The number of pyridine rings is 1. The molecule has 0 amide bonds. The number of aryl methyl sites for hydroxylation is 1. The van der Waals surface area contributed by atoms with Gasteiger partial charge >= 0.3 is 0 Å². The molecule has 108 valence electrons. The topological polar surface area (TPSA) is 41.3 Å². The highest BCUT2D eigenvalue weighted by Gasteiger charge is 2.12. The fourth-order valence-electron chi connectivity index (χ4n) is 2.00. The number of furan rings is 1. The fourth-order valence-corrected chi connectivity index (χ4v) is 2.00. The van der Waals surface area contributed by atoms with Gasteiger partial charge in [-0.3, -0.25) is 0 Å². The normalized spacial score (nSPS) is 11.4. The standard InChI is InChI=1S/C16H23N3O/c1-12-13(9-10-20-12)11-19(5)15-8-6-7-14(17-15)18-16(2,3)4/h6-10H,11H2,1-5H3,(H,17,18). The third-order valence-corrected chi connectivity index (χ3v) is 3.00. The molecule has 2 aromatic heterocycles. The molecule has 0 aromatic carbocycles. The fraction of sp³-hybridized carbons (Fsp3) is 0.438. The van der Waals surface area contributed by atoms with E-state index < -0.39 is 0 Å². The summed E-state index contributed by atoms with van der Waals surface area (Å²) in [7, 11) is 2.04. The van der Waals surface area contributed by atoms with Crippen molar-refractivity contribution < 1.29 is 4.42 Å². The average Bonchev–Trinajstić information content (AvgIpc) is 2.73. The minimum absolute atomic E-state index is 0.00530. The van der Waals surface area contributed by atoms with Crippen molar-refractivity contribution in [3.05, 3.63) is 41.9 Å². The van der Waals surface area contributed by atoms with E-state index in [0.717, 1.165) is 23.9 Å². The average molecular weight is 273 g/mol. The molecular weight excluding hydrogens is 250 g/mol. The summed E-state index contributed by atoms with van der Waals surface area (Å²) in [5, 5.41) is 3.39. The summed E-state index contributed by atoms with van der Waals surface area (Å²) in [6, 6.07) is 8.03. The largest absolute Gasteiger partial charge is 0.469 e. The molecule has 0 aliphatic heterocycles. The van der Waals surface area contributed by atoms with E-state index in [1.54, 1.807) is 6.26 Å². The first-order valence-electron chi connectivity index (χ1n) is 6.84. The van der Waals surface area contributed by atoms with Gasteiger partial charge in [0, 0.05) is 24.7 Å². The monoisotopic (exact) mass is 273 g/mol. The summed E-state index contributed by atoms with van der Waals surface area (Å²) >= 11 is 0. The first-order chi connectivity index (χ1) is 9.35. The lowest BCUT2D eigenvalue weighted by Gasteiger charge is -2.23. The number of aromatic nitrogens is 1. The highest BCUT2D eigenvalue weighted by Crippen LogP contribution is 2.19. The Balaban J connectivity index is 2.12. The van der Waals surface area contributed by atoms with Gasteiger partial charge in [-0.2, -0.15) is 0 Å². The van der Waals surface area contributed by atoms with Crippen molar-refractivity contribution in [2.45, 2.75) is 39.8 Å². The number of nitrogens with one attached hydrogen (secondary N) is 1. The summed E-state index contributed by atoms with van der Waals surface area (Å²) in [5.41, 5.74) is 1.19. The van der Waals surface area contributed by atoms with Crippen LogP contribution >= 0.6 is 0 Å². The van der Waals surface area contributed by atoms with Gasteiger partial charge in [-0.25, -0.2) is 4.98 Å². The summed E-state index contributed by atoms with van der Waals surface area (Å²) in [6.07, 6.45) is 1.73. The number of hydrogen-bond donors (Lipinski definition) is 1. The third-order valence-electron chi connectivity index (χ3n) is 3.00. The van der Waals surface area contributed by atoms with Gasteiger partial charge in [-0.15, -0.1) is 0 Å². The summed E-state index contributed by atoms with van der Waals surface area (Å²) in [5.74, 6) is 2.80. The molecule has 0 saturated carbocycles. The number of anilines is 2. The maximum absolute atomic E-state index is 5.33. The van der Waals surface area contributed by atoms with Crippen molar-refractivity contribution in [3.8, 4) is 0 Å². The number of hydrogen-bond acceptors (Lipinski definition) is 4. The molecule has 2 aromatic rings. The van der Waals surface area contributed by atoms with E-state index in [0.29, 0.717) is 0 Å². The van der Waals surface area contributed by atoms with Gasteiger partial charge in [0.2, 0.25) is 0 Å². The molecule has 0 aliphatic carbocycles. The molecule has 4 heteroatoms. The second-order valence-electron chi connectivity index (χ2n) is 6.11. The minimum Gasteiger partial charge on any atom is -0.469 e. The Bertz CT molecular complexity index is 569. The van der Waals surface area contributed by atoms with Gasteiger partial charge in [-0.1, -0.05) is 6.07 Å². The maximum atomic E-state index is 5.33. The Hall–Kier alpha value is -1.97. The second-order valence-corrected chi connectivity index (χ2v) is 6.11. The molecule has 0 fully saturated rings. The van der Waals surface area contributed by atoms with Crippen LogP contribution < -0.4 is 10.2 Å². The summed E-state index contributed by atoms with van der Waals surface area (Å²) < 4.78 is 5.33. The van der Waals surface area contributed by atoms with Gasteiger partial charge in [-0.05, 0) is 45.9 Å². The van der Waals surface area contributed by atoms with Crippen LogP contribution in [0.1, 0.15) is 32.1 Å². The van der Waals surface area contributed by atoms with Crippen LogP contribution in [0.2, 0.25) is 0 Å². The van der Waals surface area contributed by atoms with Gasteiger partial charge in [0.05, 0.1) is 6.26 Å². The Morgan fingerprint density at radius 2 is 2.00 bits per heavy atom. The smallest absolute Gasteiger partial charge is 0.130 e. The molecule has 4 nitrogen and oxygen atoms in total. The van der Waals surface area contributed by atoms with Gasteiger partial charge in [0.25, 0.3) is 0 Å². The van der Waals surface area contributed by atoms with Crippen molar-refractivity contribution in [3.63, 3.8) is 0 Å². The molecule has 0 bridgehead atoms. The predicted octanol–water partition coefficient (Wildman–Crippen LogP) is 3.83. The van der Waals surface area contributed by atoms with Crippen LogP contribution in [0, 0.1) is 6.92 Å². The lowest BCUT2D eigenvalue weighted by atomic mass is 10.1. The van der Waals surface area contributed by atoms with E-state index in [9.17, 15) is 0 Å². The Labute approximate surface area is 120 Å². The zero-order valence-electron chi connectivity index (χ0n) is 12.9. The van der Waals surface area contributed by atoms with Crippen molar-refractivity contribution in [1.29, 1.82) is 0 Å². The molecule has 2 rings (SSSR count). The van der Waals surface area contributed by atoms with Crippen LogP contribution in [0.15, 0.2) is 34.9 Å². The van der Waals surface area contributed by atoms with Crippen molar-refractivity contribution in [2.75, 3.05) is 17.3 Å². The van der Waals surface area contributed by atoms with E-state index in [1.165, 1.54) is 5.56 Å². The predicted molar refractivity (Wildman–Crippen MR) is 83.2 cm³/mol. The quantitative estimate of drug-likeness (QED) is 0.919. The molecule has 0 unspecified atom stereocenters.